The van der Waals surface area contributed by atoms with Crippen LogP contribution in [0.3, 0.4) is 0 Å². The van der Waals surface area contributed by atoms with Crippen molar-refractivity contribution in [3.8, 4) is 0 Å². The average Bonchev–Trinajstić information content (AvgIpc) is 2.23. The summed E-state index contributed by atoms with van der Waals surface area (Å²) in [7, 11) is 0. The van der Waals surface area contributed by atoms with Crippen LogP contribution in [0.5, 0.6) is 0 Å². The Hall–Kier alpha value is -0.630. The summed E-state index contributed by atoms with van der Waals surface area (Å²) < 4.78 is 32.2. The lowest BCUT2D eigenvalue weighted by Crippen LogP contribution is -2.49. The molecule has 2 rings (SSSR count). The lowest BCUT2D eigenvalue weighted by molar-refractivity contribution is -0.104. The summed E-state index contributed by atoms with van der Waals surface area (Å²) in [4.78, 5) is 10.9. The van der Waals surface area contributed by atoms with Gasteiger partial charge in [0.2, 0.25) is 0 Å². The number of carbonyl (C=O) groups excluding carboxylic acids is 1. The quantitative estimate of drug-likeness (QED) is 0.766. The predicted octanol–water partition coefficient (Wildman–Crippen LogP) is 3.13. The predicted molar refractivity (Wildman–Crippen MR) is 68.6 cm³/mol. The van der Waals surface area contributed by atoms with E-state index >= 15 is 0 Å². The van der Waals surface area contributed by atoms with Crippen LogP contribution in [0.4, 0.5) is 13.6 Å². The van der Waals surface area contributed by atoms with Gasteiger partial charge < -0.3 is 10.1 Å². The number of ether oxygens (including phenoxy) is 1. The van der Waals surface area contributed by atoms with Crippen molar-refractivity contribution in [2.75, 3.05) is 6.61 Å². The minimum absolute atomic E-state index is 0. The van der Waals surface area contributed by atoms with Crippen molar-refractivity contribution in [2.45, 2.75) is 12.0 Å². The molecule has 1 saturated heterocycles. The van der Waals surface area contributed by atoms with E-state index in [0.29, 0.717) is 5.56 Å². The largest absolute Gasteiger partial charge is 0.443 e. The highest BCUT2D eigenvalue weighted by Gasteiger charge is 2.46. The van der Waals surface area contributed by atoms with Crippen molar-refractivity contribution >= 4 is 41.1 Å². The van der Waals surface area contributed by atoms with Crippen molar-refractivity contribution in [3.05, 3.63) is 33.4 Å². The van der Waals surface area contributed by atoms with Gasteiger partial charge in [0.1, 0.15) is 6.04 Å². The Balaban J connectivity index is 0.00000144. The minimum Gasteiger partial charge on any atom is -0.443 e. The Kier molecular flexibility index (Phi) is 4.54. The average molecular weight is 376 g/mol. The number of hydrogen-bond acceptors (Lipinski definition) is 2. The molecule has 1 aromatic rings. The number of benzene rings is 1. The monoisotopic (exact) mass is 375 g/mol. The first-order chi connectivity index (χ1) is 7.49. The van der Waals surface area contributed by atoms with E-state index in [9.17, 15) is 13.6 Å². The highest BCUT2D eigenvalue weighted by Crippen LogP contribution is 2.34. The Bertz CT molecular complexity index is 413. The second-order valence-corrected chi connectivity index (χ2v) is 4.71. The maximum atomic E-state index is 13.5. The molecule has 0 unspecified atom stereocenters. The first-order valence-corrected chi connectivity index (χ1v) is 5.63. The molecule has 1 heterocycles. The fourth-order valence-corrected chi connectivity index (χ4v) is 1.85. The number of cyclic esters (lactones) is 1. The normalized spacial score (nSPS) is 22.1. The lowest BCUT2D eigenvalue weighted by atomic mass is 10.0. The zero-order valence-corrected chi connectivity index (χ0v) is 11.4. The number of rotatable bonds is 1. The Morgan fingerprint density at radius 3 is 2.53 bits per heavy atom. The molecular formula is C10H9ClF2INO2. The van der Waals surface area contributed by atoms with Crippen molar-refractivity contribution in [1.29, 1.82) is 0 Å². The van der Waals surface area contributed by atoms with Gasteiger partial charge in [-0.3, -0.25) is 0 Å². The first-order valence-electron chi connectivity index (χ1n) is 4.55. The second kappa shape index (κ2) is 5.34. The summed E-state index contributed by atoms with van der Waals surface area (Å²) in [5.41, 5.74) is 0.377. The van der Waals surface area contributed by atoms with Crippen LogP contribution in [0, 0.1) is 3.57 Å². The summed E-state index contributed by atoms with van der Waals surface area (Å²) in [5.74, 6) is -3.08. The van der Waals surface area contributed by atoms with Gasteiger partial charge in [0, 0.05) is 3.57 Å². The van der Waals surface area contributed by atoms with Crippen molar-refractivity contribution in [2.24, 2.45) is 0 Å². The summed E-state index contributed by atoms with van der Waals surface area (Å²) >= 11 is 2.08. The number of alkyl carbamates (subject to hydrolysis) is 1. The van der Waals surface area contributed by atoms with Gasteiger partial charge in [0.05, 0.1) is 0 Å². The first kappa shape index (κ1) is 14.4. The van der Waals surface area contributed by atoms with Crippen LogP contribution >= 0.6 is 35.0 Å². The Labute approximate surface area is 116 Å². The Morgan fingerprint density at radius 2 is 1.94 bits per heavy atom. The molecule has 0 spiro atoms. The van der Waals surface area contributed by atoms with Gasteiger partial charge in [-0.15, -0.1) is 12.4 Å². The standard InChI is InChI=1S/C10H8F2INO2.ClH/c11-10(12)5-16-9(15)14-8(10)6-1-3-7(13)4-2-6;/h1-4,8H,5H2,(H,14,15);1H/t8-;/m1./s1. The topological polar surface area (TPSA) is 38.3 Å². The fourth-order valence-electron chi connectivity index (χ4n) is 1.49. The van der Waals surface area contributed by atoms with E-state index in [4.69, 9.17) is 0 Å². The molecule has 0 aromatic heterocycles. The van der Waals surface area contributed by atoms with Crippen LogP contribution in [0.15, 0.2) is 24.3 Å². The Morgan fingerprint density at radius 1 is 1.35 bits per heavy atom. The van der Waals surface area contributed by atoms with E-state index < -0.39 is 24.7 Å². The molecular weight excluding hydrogens is 366 g/mol. The molecule has 94 valence electrons. The molecule has 1 fully saturated rings. The lowest BCUT2D eigenvalue weighted by Gasteiger charge is -2.31. The van der Waals surface area contributed by atoms with E-state index in [1.807, 2.05) is 0 Å². The van der Waals surface area contributed by atoms with E-state index in [2.05, 4.69) is 32.6 Å². The van der Waals surface area contributed by atoms with Gasteiger partial charge >= 0.3 is 12.0 Å². The van der Waals surface area contributed by atoms with Gasteiger partial charge in [0.25, 0.3) is 0 Å². The van der Waals surface area contributed by atoms with Gasteiger partial charge in [-0.05, 0) is 40.3 Å². The van der Waals surface area contributed by atoms with Gasteiger partial charge in [-0.1, -0.05) is 12.1 Å². The number of halogens is 4. The van der Waals surface area contributed by atoms with Crippen LogP contribution in [0.25, 0.3) is 0 Å². The van der Waals surface area contributed by atoms with Crippen LogP contribution in [-0.4, -0.2) is 18.6 Å². The van der Waals surface area contributed by atoms with Crippen LogP contribution in [-0.2, 0) is 4.74 Å². The molecule has 1 aliphatic rings. The van der Waals surface area contributed by atoms with Crippen LogP contribution < -0.4 is 5.32 Å². The van der Waals surface area contributed by atoms with Crippen molar-refractivity contribution in [1.82, 2.24) is 5.32 Å². The smallest absolute Gasteiger partial charge is 0.408 e. The van der Waals surface area contributed by atoms with Gasteiger partial charge in [-0.25, -0.2) is 13.6 Å². The summed E-state index contributed by atoms with van der Waals surface area (Å²) in [6.45, 7) is -0.879. The number of alkyl halides is 2. The third-order valence-electron chi connectivity index (χ3n) is 2.28. The van der Waals surface area contributed by atoms with E-state index in [1.54, 1.807) is 24.3 Å². The zero-order valence-electron chi connectivity index (χ0n) is 8.45. The summed E-state index contributed by atoms with van der Waals surface area (Å²) in [6, 6.07) is 5.27. The van der Waals surface area contributed by atoms with Crippen LogP contribution in [0.2, 0.25) is 0 Å². The fraction of sp³-hybridized carbons (Fsp3) is 0.300. The number of nitrogens with one attached hydrogen (secondary N) is 1. The molecule has 7 heteroatoms. The highest BCUT2D eigenvalue weighted by atomic mass is 127. The number of hydrogen-bond donors (Lipinski definition) is 1. The van der Waals surface area contributed by atoms with Gasteiger partial charge in [-0.2, -0.15) is 0 Å². The van der Waals surface area contributed by atoms with Crippen LogP contribution in [0.1, 0.15) is 11.6 Å². The number of amides is 1. The molecule has 0 saturated carbocycles. The highest BCUT2D eigenvalue weighted by molar-refractivity contribution is 14.1. The molecule has 1 amide bonds. The van der Waals surface area contributed by atoms with Crippen molar-refractivity contribution < 1.29 is 18.3 Å². The molecule has 1 aliphatic heterocycles. The minimum atomic E-state index is -3.08. The summed E-state index contributed by atoms with van der Waals surface area (Å²) in [6.07, 6.45) is -0.811. The number of carbonyl (C=O) groups is 1. The molecule has 0 radical (unpaired) electrons. The second-order valence-electron chi connectivity index (χ2n) is 3.47. The van der Waals surface area contributed by atoms with Crippen molar-refractivity contribution in [3.63, 3.8) is 0 Å². The molecule has 0 bridgehead atoms. The third kappa shape index (κ3) is 3.19. The van der Waals surface area contributed by atoms with E-state index in [0.717, 1.165) is 3.57 Å². The maximum Gasteiger partial charge on any atom is 0.408 e. The molecule has 3 nitrogen and oxygen atoms in total. The molecule has 17 heavy (non-hydrogen) atoms. The van der Waals surface area contributed by atoms with E-state index in [1.165, 1.54) is 0 Å². The molecule has 1 atom stereocenters. The van der Waals surface area contributed by atoms with E-state index in [-0.39, 0.29) is 12.4 Å². The molecule has 1 aromatic carbocycles. The summed E-state index contributed by atoms with van der Waals surface area (Å²) in [5, 5.41) is 2.13. The SMILES string of the molecule is Cl.O=C1N[C@H](c2ccc(I)cc2)C(F)(F)CO1. The molecule has 0 aliphatic carbocycles. The van der Waals surface area contributed by atoms with Gasteiger partial charge in [0.15, 0.2) is 6.61 Å². The zero-order chi connectivity index (χ0) is 11.8. The third-order valence-corrected chi connectivity index (χ3v) is 3.00. The molecule has 1 N–H and O–H groups in total. The maximum absolute atomic E-state index is 13.5.